The fourth-order valence-corrected chi connectivity index (χ4v) is 2.35. The number of rotatable bonds is 1. The number of nitrogens with one attached hydrogen (secondary N) is 1. The summed E-state index contributed by atoms with van der Waals surface area (Å²) < 4.78 is 20.0. The third-order valence-electron chi connectivity index (χ3n) is 2.88. The summed E-state index contributed by atoms with van der Waals surface area (Å²) in [4.78, 5) is 0. The van der Waals surface area contributed by atoms with Gasteiger partial charge in [-0.3, -0.25) is 5.10 Å². The highest BCUT2D eigenvalue weighted by Crippen LogP contribution is 2.30. The number of aromatic nitrogens is 2. The molecule has 0 spiro atoms. The van der Waals surface area contributed by atoms with Gasteiger partial charge in [0.25, 0.3) is 0 Å². The van der Waals surface area contributed by atoms with E-state index in [1.54, 1.807) is 6.07 Å². The van der Waals surface area contributed by atoms with Crippen molar-refractivity contribution in [3.63, 3.8) is 0 Å². The second kappa shape index (κ2) is 4.23. The Kier molecular flexibility index (Phi) is 2.72. The first-order valence-electron chi connectivity index (χ1n) is 5.35. The van der Waals surface area contributed by atoms with Crippen molar-refractivity contribution in [2.24, 2.45) is 0 Å². The largest absolute Gasteiger partial charge is 0.376 e. The predicted molar refractivity (Wildman–Crippen MR) is 65.0 cm³/mol. The Morgan fingerprint density at radius 3 is 3.12 bits per heavy atom. The van der Waals surface area contributed by atoms with Gasteiger partial charge >= 0.3 is 0 Å². The lowest BCUT2D eigenvalue weighted by Crippen LogP contribution is -2.09. The van der Waals surface area contributed by atoms with Crippen molar-refractivity contribution in [3.8, 4) is 11.3 Å². The summed E-state index contributed by atoms with van der Waals surface area (Å²) in [5.74, 6) is -0.278. The van der Waals surface area contributed by atoms with Crippen LogP contribution in [0.4, 0.5) is 4.39 Å². The maximum atomic E-state index is 13.9. The van der Waals surface area contributed by atoms with E-state index in [0.717, 1.165) is 22.2 Å². The van der Waals surface area contributed by atoms with Crippen LogP contribution in [-0.2, 0) is 17.8 Å². The lowest BCUT2D eigenvalue weighted by Gasteiger charge is -2.12. The third kappa shape index (κ3) is 1.89. The van der Waals surface area contributed by atoms with Crippen LogP contribution in [0.25, 0.3) is 11.3 Å². The quantitative estimate of drug-likeness (QED) is 0.878. The summed E-state index contributed by atoms with van der Waals surface area (Å²) in [6.45, 7) is 1.19. The lowest BCUT2D eigenvalue weighted by molar-refractivity contribution is 0.110. The summed E-state index contributed by atoms with van der Waals surface area (Å²) in [7, 11) is 0. The fraction of sp³-hybridized carbons (Fsp3) is 0.250. The van der Waals surface area contributed by atoms with E-state index in [1.165, 1.54) is 6.07 Å². The molecule has 0 radical (unpaired) electrons. The minimum atomic E-state index is -0.278. The van der Waals surface area contributed by atoms with E-state index in [-0.39, 0.29) is 5.82 Å². The number of halogens is 2. The van der Waals surface area contributed by atoms with E-state index in [0.29, 0.717) is 24.5 Å². The first-order valence-corrected chi connectivity index (χ1v) is 6.14. The standard InChI is InChI=1S/C12H10BrFN2O/c13-7-1-2-8(10(14)5-7)12-9-6-17-4-3-11(9)15-16-12/h1-2,5H,3-4,6H2,(H,15,16). The van der Waals surface area contributed by atoms with Crippen molar-refractivity contribution in [1.82, 2.24) is 10.2 Å². The third-order valence-corrected chi connectivity index (χ3v) is 3.38. The molecule has 0 aliphatic carbocycles. The fourth-order valence-electron chi connectivity index (χ4n) is 2.02. The van der Waals surface area contributed by atoms with Gasteiger partial charge in [-0.05, 0) is 18.2 Å². The molecule has 3 nitrogen and oxygen atoms in total. The predicted octanol–water partition coefficient (Wildman–Crippen LogP) is 3.05. The van der Waals surface area contributed by atoms with E-state index in [9.17, 15) is 4.39 Å². The van der Waals surface area contributed by atoms with Crippen LogP contribution in [0.15, 0.2) is 22.7 Å². The zero-order chi connectivity index (χ0) is 11.8. The molecular formula is C12H10BrFN2O. The molecule has 0 amide bonds. The molecular weight excluding hydrogens is 287 g/mol. The molecule has 0 bridgehead atoms. The van der Waals surface area contributed by atoms with Crippen molar-refractivity contribution < 1.29 is 9.13 Å². The van der Waals surface area contributed by atoms with E-state index < -0.39 is 0 Å². The van der Waals surface area contributed by atoms with Crippen LogP contribution in [0, 0.1) is 5.82 Å². The van der Waals surface area contributed by atoms with Crippen molar-refractivity contribution in [1.29, 1.82) is 0 Å². The zero-order valence-corrected chi connectivity index (χ0v) is 10.6. The molecule has 0 saturated heterocycles. The van der Waals surface area contributed by atoms with Crippen LogP contribution in [0.5, 0.6) is 0 Å². The molecule has 17 heavy (non-hydrogen) atoms. The van der Waals surface area contributed by atoms with Crippen LogP contribution in [0.3, 0.4) is 0 Å². The van der Waals surface area contributed by atoms with Crippen LogP contribution in [0.2, 0.25) is 0 Å². The smallest absolute Gasteiger partial charge is 0.133 e. The van der Waals surface area contributed by atoms with Crippen molar-refractivity contribution >= 4 is 15.9 Å². The van der Waals surface area contributed by atoms with Crippen molar-refractivity contribution in [3.05, 3.63) is 39.7 Å². The molecule has 0 unspecified atom stereocenters. The van der Waals surface area contributed by atoms with Crippen LogP contribution in [-0.4, -0.2) is 16.8 Å². The minimum Gasteiger partial charge on any atom is -0.376 e. The molecule has 2 aromatic rings. The highest BCUT2D eigenvalue weighted by Gasteiger charge is 2.20. The first kappa shape index (κ1) is 10.9. The summed E-state index contributed by atoms with van der Waals surface area (Å²) >= 11 is 3.24. The minimum absolute atomic E-state index is 0.278. The van der Waals surface area contributed by atoms with E-state index in [4.69, 9.17) is 4.74 Å². The average molecular weight is 297 g/mol. The average Bonchev–Trinajstić information content (AvgIpc) is 2.73. The Bertz CT molecular complexity index is 568. The highest BCUT2D eigenvalue weighted by atomic mass is 79.9. The lowest BCUT2D eigenvalue weighted by atomic mass is 10.0. The second-order valence-corrected chi connectivity index (χ2v) is 4.87. The number of benzene rings is 1. The number of hydrogen-bond donors (Lipinski definition) is 1. The van der Waals surface area contributed by atoms with Gasteiger partial charge in [-0.25, -0.2) is 4.39 Å². The summed E-state index contributed by atoms with van der Waals surface area (Å²) in [6, 6.07) is 4.98. The maximum Gasteiger partial charge on any atom is 0.133 e. The Hall–Kier alpha value is -1.20. The number of H-pyrrole nitrogens is 1. The van der Waals surface area contributed by atoms with Gasteiger partial charge in [0, 0.05) is 27.7 Å². The van der Waals surface area contributed by atoms with Gasteiger partial charge in [0.15, 0.2) is 0 Å². The molecule has 5 heteroatoms. The number of nitrogens with zero attached hydrogens (tertiary/aromatic N) is 1. The van der Waals surface area contributed by atoms with Gasteiger partial charge in [0.2, 0.25) is 0 Å². The van der Waals surface area contributed by atoms with Crippen molar-refractivity contribution in [2.45, 2.75) is 13.0 Å². The molecule has 0 fully saturated rings. The number of aromatic amines is 1. The Balaban J connectivity index is 2.12. The van der Waals surface area contributed by atoms with Gasteiger partial charge in [0.1, 0.15) is 11.5 Å². The Labute approximate surface area is 106 Å². The SMILES string of the molecule is Fc1cc(Br)ccc1-c1n[nH]c2c1COCC2. The van der Waals surface area contributed by atoms with Gasteiger partial charge in [-0.15, -0.1) is 0 Å². The molecule has 0 saturated carbocycles. The second-order valence-electron chi connectivity index (χ2n) is 3.96. The monoisotopic (exact) mass is 296 g/mol. The van der Waals surface area contributed by atoms with Gasteiger partial charge < -0.3 is 4.74 Å². The maximum absolute atomic E-state index is 13.9. The molecule has 1 N–H and O–H groups in total. The van der Waals surface area contributed by atoms with Gasteiger partial charge in [-0.2, -0.15) is 5.10 Å². The highest BCUT2D eigenvalue weighted by molar-refractivity contribution is 9.10. The van der Waals surface area contributed by atoms with E-state index >= 15 is 0 Å². The van der Waals surface area contributed by atoms with E-state index in [2.05, 4.69) is 26.1 Å². The number of hydrogen-bond acceptors (Lipinski definition) is 2. The van der Waals surface area contributed by atoms with Gasteiger partial charge in [0.05, 0.1) is 13.2 Å². The van der Waals surface area contributed by atoms with Crippen LogP contribution < -0.4 is 0 Å². The molecule has 1 aromatic heterocycles. The van der Waals surface area contributed by atoms with Crippen LogP contribution >= 0.6 is 15.9 Å². The van der Waals surface area contributed by atoms with E-state index in [1.807, 2.05) is 6.07 Å². The molecule has 2 heterocycles. The van der Waals surface area contributed by atoms with Crippen molar-refractivity contribution in [2.75, 3.05) is 6.61 Å². The Morgan fingerprint density at radius 2 is 2.29 bits per heavy atom. The topological polar surface area (TPSA) is 37.9 Å². The summed E-state index contributed by atoms with van der Waals surface area (Å²) in [5.41, 5.74) is 3.19. The zero-order valence-electron chi connectivity index (χ0n) is 8.96. The molecule has 88 valence electrons. The molecule has 1 aliphatic heterocycles. The summed E-state index contributed by atoms with van der Waals surface area (Å²) in [6.07, 6.45) is 0.806. The molecule has 0 atom stereocenters. The normalized spacial score (nSPS) is 14.7. The number of ether oxygens (including phenoxy) is 1. The van der Waals surface area contributed by atoms with Crippen LogP contribution in [0.1, 0.15) is 11.3 Å². The molecule has 3 rings (SSSR count). The molecule has 1 aliphatic rings. The summed E-state index contributed by atoms with van der Waals surface area (Å²) in [5, 5.41) is 7.16. The first-order chi connectivity index (χ1) is 8.25. The Morgan fingerprint density at radius 1 is 1.41 bits per heavy atom. The van der Waals surface area contributed by atoms with Gasteiger partial charge in [-0.1, -0.05) is 15.9 Å². The number of fused-ring (bicyclic) bond motifs is 1. The molecule has 1 aromatic carbocycles.